The van der Waals surface area contributed by atoms with Gasteiger partial charge in [0.05, 0.1) is 60.9 Å². The molecule has 0 saturated carbocycles. The molecule has 14 aromatic rings. The van der Waals surface area contributed by atoms with Gasteiger partial charge in [-0.2, -0.15) is 0 Å². The molecule has 5 nitrogen and oxygen atoms in total. The van der Waals surface area contributed by atoms with Crippen LogP contribution in [-0.2, 0) is 10.8 Å². The Labute approximate surface area is 544 Å². The predicted molar refractivity (Wildman–Crippen MR) is 364 cm³/mol. The highest BCUT2D eigenvalue weighted by atomic mass is 28.3. The molecule has 6 heteroatoms. The average Bonchev–Trinajstić information content (AvgIpc) is 0.816. The van der Waals surface area contributed by atoms with Gasteiger partial charge in [0.1, 0.15) is 17.3 Å². The Bertz CT molecular complexity index is 5890. The number of nitrogens with zero attached hydrogens (tertiary/aromatic N) is 4. The molecule has 3 heterocycles. The molecule has 0 radical (unpaired) electrons. The molecule has 11 aromatic carbocycles. The number of para-hydroxylation sites is 2. The molecule has 14 rings (SSSR count). The van der Waals surface area contributed by atoms with Crippen molar-refractivity contribution in [2.24, 2.45) is 0 Å². The van der Waals surface area contributed by atoms with Crippen LogP contribution in [0.15, 0.2) is 285 Å². The summed E-state index contributed by atoms with van der Waals surface area (Å²) in [6.07, 6.45) is 4.89. The Morgan fingerprint density at radius 1 is 0.471 bits per heavy atom. The number of fused-ring (bicyclic) bond motifs is 4. The minimum atomic E-state index is -5.70. The van der Waals surface area contributed by atoms with Gasteiger partial charge in [-0.3, -0.25) is 13.7 Å². The Morgan fingerprint density at radius 3 is 1.64 bits per heavy atom. The second-order valence-electron chi connectivity index (χ2n) is 23.3. The zero-order valence-corrected chi connectivity index (χ0v) is 49.3. The molecule has 0 unspecified atom stereocenters. The van der Waals surface area contributed by atoms with Gasteiger partial charge in [0.25, 0.3) is 6.33 Å². The largest absolute Gasteiger partial charge is 0.458 e. The third kappa shape index (κ3) is 9.96. The molecule has 0 aliphatic carbocycles. The van der Waals surface area contributed by atoms with Gasteiger partial charge in [0.15, 0.2) is 8.07 Å². The fourth-order valence-corrected chi connectivity index (χ4v) is 15.4. The van der Waals surface area contributed by atoms with E-state index in [1.165, 1.54) is 18.3 Å². The fourth-order valence-electron chi connectivity index (χ4n) is 11.6. The lowest BCUT2D eigenvalue weighted by atomic mass is 9.84. The molecule has 0 spiro atoms. The van der Waals surface area contributed by atoms with Crippen molar-refractivity contribution in [1.82, 2.24) is 14.1 Å². The normalized spacial score (nSPS) is 16.0. The van der Waals surface area contributed by atoms with E-state index in [2.05, 4.69) is 72.1 Å². The Hall–Kier alpha value is -10.1. The first-order chi connectivity index (χ1) is 51.8. The van der Waals surface area contributed by atoms with Crippen molar-refractivity contribution in [3.63, 3.8) is 0 Å². The summed E-state index contributed by atoms with van der Waals surface area (Å²) in [5.74, 6) is 0.614. The third-order valence-electron chi connectivity index (χ3n) is 15.9. The smallest absolute Gasteiger partial charge is 0.269 e. The number of pyridine rings is 1. The zero-order valence-electron chi connectivity index (χ0n) is 71.3. The van der Waals surface area contributed by atoms with Crippen LogP contribution in [0.3, 0.4) is 0 Å². The molecule has 0 bridgehead atoms. The lowest BCUT2D eigenvalue weighted by Gasteiger charge is -2.34. The van der Waals surface area contributed by atoms with Crippen LogP contribution in [0.1, 0.15) is 89.8 Å². The van der Waals surface area contributed by atoms with Crippen molar-refractivity contribution in [1.29, 1.82) is 0 Å². The van der Waals surface area contributed by atoms with Crippen LogP contribution in [0, 0.1) is 13.2 Å². The van der Waals surface area contributed by atoms with Gasteiger partial charge in [-0.25, -0.2) is 4.98 Å². The number of benzene rings is 11. The average molecular weight is 1160 g/mol. The van der Waals surface area contributed by atoms with Gasteiger partial charge < -0.3 is 4.74 Å². The molecule has 0 saturated heterocycles. The van der Waals surface area contributed by atoms with Crippen LogP contribution in [-0.4, -0.2) is 22.2 Å². The quantitative estimate of drug-likeness (QED) is 0.0529. The molecule has 0 atom stereocenters. The van der Waals surface area contributed by atoms with Crippen molar-refractivity contribution in [3.05, 3.63) is 308 Å². The topological polar surface area (TPSA) is 35.9 Å². The Kier molecular flexibility index (Phi) is 8.80. The van der Waals surface area contributed by atoms with E-state index in [1.54, 1.807) is 63.7 Å². The number of aryl methyl sites for hydroxylation is 1. The summed E-state index contributed by atoms with van der Waals surface area (Å²) in [4.78, 5) is 4.75. The standard InChI is InChI=1S/C81H68N4OSi/c1-56-48-78(82-54-73(56)57-26-12-8-13-27-57)85-74-43-21-20-40-71(74)72-46-44-64(52-76(72)85)86-63-33-24-32-62(51-63)83-55-84(79-69(58-28-22-30-60(49-58)80(2,3)4)41-25-42-70(79)59-29-23-31-61(50-59)81(5,6)7)75-47-45-68(53-77(75)83)87(65-34-14-9-15-35-65,66-36-16-10-17-37-66)67-38-18-11-19-39-67/h8-54H,1-7H3/i1D3,8D,9D,10D,11D,12D,13D,14D,15D,16D,17D,18D,19D,26D,27D,34D,35D,36D,37D,38D,39D. The molecule has 87 heavy (non-hydrogen) atoms. The van der Waals surface area contributed by atoms with E-state index in [0.29, 0.717) is 33.3 Å². The third-order valence-corrected chi connectivity index (χ3v) is 20.1. The Morgan fingerprint density at radius 2 is 1.03 bits per heavy atom. The molecule has 0 amide bonds. The first-order valence-corrected chi connectivity index (χ1v) is 30.3. The van der Waals surface area contributed by atoms with E-state index >= 15 is 0 Å². The summed E-state index contributed by atoms with van der Waals surface area (Å²) in [6, 6.07) is 31.1. The maximum absolute atomic E-state index is 9.91. The van der Waals surface area contributed by atoms with Crippen molar-refractivity contribution in [2.75, 3.05) is 0 Å². The number of ether oxygens (including phenoxy) is 1. The maximum atomic E-state index is 9.91. The van der Waals surface area contributed by atoms with Crippen LogP contribution in [0.25, 0.3) is 83.4 Å². The molecular formula is C81H68N4OSi. The SMILES string of the molecule is [2H]c1c([2H])c([2H])c(-c2cnc(-n3c4ccccc4c4ccc(Oc5cccc(-n6[c-][n+](-c7c(-c8cccc(C(C)(C)C)c8)cccc7-c7cccc(C(C)(C)C)c7)c7ccc([Si](c8c([2H])c([2H])c([2H])c([2H])c8[2H])(c8c([2H])c([2H])c([2H])c([2H])c8[2H])c8c([2H])c([2H])c([2H])c([2H])c8[2H])cc76)c5)cc43)cc2C([2H])([2H])[2H])c([2H])c1[2H]. The van der Waals surface area contributed by atoms with Crippen LogP contribution in [0.2, 0.25) is 0 Å². The summed E-state index contributed by atoms with van der Waals surface area (Å²) in [7, 11) is -5.70. The number of aromatic nitrogens is 4. The van der Waals surface area contributed by atoms with E-state index in [1.807, 2.05) is 71.3 Å². The van der Waals surface area contributed by atoms with Crippen LogP contribution in [0.4, 0.5) is 0 Å². The van der Waals surface area contributed by atoms with Crippen molar-refractivity contribution < 1.29 is 40.8 Å². The van der Waals surface area contributed by atoms with Crippen LogP contribution >= 0.6 is 0 Å². The van der Waals surface area contributed by atoms with E-state index in [9.17, 15) is 16.4 Å². The first-order valence-electron chi connectivity index (χ1n) is 39.8. The van der Waals surface area contributed by atoms with Crippen molar-refractivity contribution in [2.45, 2.75) is 59.2 Å². The molecule has 3 aromatic heterocycles. The second-order valence-corrected chi connectivity index (χ2v) is 26.9. The van der Waals surface area contributed by atoms with Gasteiger partial charge in [-0.1, -0.05) is 272 Å². The second kappa shape index (κ2) is 22.0. The summed E-state index contributed by atoms with van der Waals surface area (Å²) < 4.78 is 223. The lowest BCUT2D eigenvalue weighted by Crippen LogP contribution is -2.74. The molecule has 422 valence electrons. The van der Waals surface area contributed by atoms with E-state index in [-0.39, 0.29) is 55.5 Å². The minimum Gasteiger partial charge on any atom is -0.458 e. The van der Waals surface area contributed by atoms with E-state index < -0.39 is 151 Å². The molecule has 0 aliphatic heterocycles. The molecule has 0 aliphatic rings. The minimum absolute atomic E-state index is 0.116. The highest BCUT2D eigenvalue weighted by Crippen LogP contribution is 2.40. The monoisotopic (exact) mass is 1160 g/mol. The summed E-state index contributed by atoms with van der Waals surface area (Å²) in [5, 5.41) is -0.672. The molecular weight excluding hydrogens is 1070 g/mol. The summed E-state index contributed by atoms with van der Waals surface area (Å²) in [5.41, 5.74) is 6.32. The Balaban J connectivity index is 1.07. The number of rotatable bonds is 12. The number of imidazole rings is 1. The van der Waals surface area contributed by atoms with Gasteiger partial charge in [0.2, 0.25) is 0 Å². The highest BCUT2D eigenvalue weighted by Gasteiger charge is 2.42. The van der Waals surface area contributed by atoms with Gasteiger partial charge in [-0.15, -0.1) is 0 Å². The van der Waals surface area contributed by atoms with Crippen LogP contribution in [0.5, 0.6) is 11.5 Å². The number of hydrogen-bond acceptors (Lipinski definition) is 2. The van der Waals surface area contributed by atoms with E-state index in [4.69, 9.17) is 24.8 Å². The molecule has 0 fully saturated rings. The first kappa shape index (κ1) is 34.7. The zero-order chi connectivity index (χ0) is 79.3. The summed E-state index contributed by atoms with van der Waals surface area (Å²) in [6.45, 7) is 9.81. The van der Waals surface area contributed by atoms with Crippen molar-refractivity contribution >= 4 is 61.7 Å². The predicted octanol–water partition coefficient (Wildman–Crippen LogP) is 17.3. The number of hydrogen-bond donors (Lipinski definition) is 0. The summed E-state index contributed by atoms with van der Waals surface area (Å²) >= 11 is 0. The highest BCUT2D eigenvalue weighted by molar-refractivity contribution is 7.20. The van der Waals surface area contributed by atoms with Gasteiger partial charge >= 0.3 is 0 Å². The maximum Gasteiger partial charge on any atom is 0.269 e. The fraction of sp³-hybridized carbons (Fsp3) is 0.111. The van der Waals surface area contributed by atoms with Crippen molar-refractivity contribution in [3.8, 4) is 62.1 Å². The van der Waals surface area contributed by atoms with Crippen LogP contribution < -0.4 is 30.1 Å². The lowest BCUT2D eigenvalue weighted by molar-refractivity contribution is -0.571. The van der Waals surface area contributed by atoms with E-state index in [0.717, 1.165) is 38.8 Å². The van der Waals surface area contributed by atoms with Gasteiger partial charge in [-0.05, 0) is 125 Å². The molecule has 0 N–H and O–H groups in total. The van der Waals surface area contributed by atoms with Gasteiger partial charge in [0, 0.05) is 32.7 Å².